The van der Waals surface area contributed by atoms with Gasteiger partial charge in [-0.3, -0.25) is 5.32 Å². The fraction of sp³-hybridized carbons (Fsp3) is 0.333. The molecule has 0 saturated carbocycles. The van der Waals surface area contributed by atoms with Crippen LogP contribution in [0.1, 0.15) is 24.0 Å². The van der Waals surface area contributed by atoms with Crippen LogP contribution in [0.4, 0.5) is 0 Å². The second kappa shape index (κ2) is 7.25. The average Bonchev–Trinajstić information content (AvgIpc) is 2.55. The van der Waals surface area contributed by atoms with Crippen molar-refractivity contribution in [2.75, 3.05) is 14.2 Å². The highest BCUT2D eigenvalue weighted by molar-refractivity contribution is 5.32. The van der Waals surface area contributed by atoms with Crippen LogP contribution in [-0.4, -0.2) is 19.3 Å². The van der Waals surface area contributed by atoms with Crippen LogP contribution in [0, 0.1) is 0 Å². The molecule has 1 unspecified atom stereocenters. The molecule has 0 saturated heterocycles. The van der Waals surface area contributed by atoms with E-state index in [2.05, 4.69) is 17.4 Å². The monoisotopic (exact) mass is 285 g/mol. The average molecular weight is 285 g/mol. The van der Waals surface area contributed by atoms with Crippen LogP contribution in [0.15, 0.2) is 54.6 Å². The van der Waals surface area contributed by atoms with E-state index in [4.69, 9.17) is 4.74 Å². The number of benzene rings is 2. The Morgan fingerprint density at radius 2 is 1.86 bits per heavy atom. The number of hydrogen-bond acceptors (Lipinski definition) is 3. The summed E-state index contributed by atoms with van der Waals surface area (Å²) in [5.41, 5.74) is 1.10. The number of aryl methyl sites for hydroxylation is 1. The van der Waals surface area contributed by atoms with Gasteiger partial charge >= 0.3 is 0 Å². The second-order valence-electron chi connectivity index (χ2n) is 5.18. The smallest absolute Gasteiger partial charge is 0.142 e. The molecule has 112 valence electrons. The van der Waals surface area contributed by atoms with Crippen LogP contribution in [0.5, 0.6) is 5.75 Å². The van der Waals surface area contributed by atoms with E-state index in [1.807, 2.05) is 42.5 Å². The summed E-state index contributed by atoms with van der Waals surface area (Å²) in [4.78, 5) is 0. The minimum Gasteiger partial charge on any atom is -0.497 e. The number of ether oxygens (including phenoxy) is 1. The molecule has 21 heavy (non-hydrogen) atoms. The lowest BCUT2D eigenvalue weighted by atomic mass is 9.95. The Morgan fingerprint density at radius 3 is 2.52 bits per heavy atom. The molecule has 2 aromatic rings. The summed E-state index contributed by atoms with van der Waals surface area (Å²) in [7, 11) is 3.41. The first-order chi connectivity index (χ1) is 10.2. The van der Waals surface area contributed by atoms with E-state index in [0.717, 1.165) is 24.2 Å². The van der Waals surface area contributed by atoms with E-state index in [9.17, 15) is 5.11 Å². The molecule has 0 aliphatic rings. The maximum absolute atomic E-state index is 10.8. The van der Waals surface area contributed by atoms with Gasteiger partial charge in [0.05, 0.1) is 7.11 Å². The maximum Gasteiger partial charge on any atom is 0.142 e. The van der Waals surface area contributed by atoms with Crippen molar-refractivity contribution in [2.24, 2.45) is 0 Å². The van der Waals surface area contributed by atoms with E-state index in [1.54, 1.807) is 14.2 Å². The molecule has 0 amide bonds. The first-order valence-corrected chi connectivity index (χ1v) is 7.28. The molecule has 0 aliphatic carbocycles. The van der Waals surface area contributed by atoms with Crippen LogP contribution in [-0.2, 0) is 12.1 Å². The number of aliphatic hydroxyl groups is 1. The second-order valence-corrected chi connectivity index (χ2v) is 5.18. The van der Waals surface area contributed by atoms with Gasteiger partial charge in [0, 0.05) is 5.56 Å². The van der Waals surface area contributed by atoms with Gasteiger partial charge in [-0.05, 0) is 44.0 Å². The standard InChI is InChI=1S/C18H23NO2/c1-19-18(20,16-11-6-12-17(14-16)21-2)13-7-10-15-8-4-3-5-9-15/h3-6,8-9,11-12,14,19-20H,7,10,13H2,1-2H3. The number of nitrogens with one attached hydrogen (secondary N) is 1. The summed E-state index contributed by atoms with van der Waals surface area (Å²) in [6, 6.07) is 17.9. The fourth-order valence-electron chi connectivity index (χ4n) is 2.49. The van der Waals surface area contributed by atoms with Gasteiger partial charge in [0.2, 0.25) is 0 Å². The largest absolute Gasteiger partial charge is 0.497 e. The minimum absolute atomic E-state index is 0.644. The highest BCUT2D eigenvalue weighted by atomic mass is 16.5. The highest BCUT2D eigenvalue weighted by Gasteiger charge is 2.26. The molecule has 0 aromatic heterocycles. The summed E-state index contributed by atoms with van der Waals surface area (Å²) in [6.45, 7) is 0. The Bertz CT molecular complexity index is 556. The van der Waals surface area contributed by atoms with Crippen LogP contribution < -0.4 is 10.1 Å². The highest BCUT2D eigenvalue weighted by Crippen LogP contribution is 2.27. The Labute approximate surface area is 126 Å². The summed E-state index contributed by atoms with van der Waals surface area (Å²) in [5, 5.41) is 13.9. The van der Waals surface area contributed by atoms with Crippen LogP contribution in [0.3, 0.4) is 0 Å². The molecule has 1 atom stereocenters. The third-order valence-electron chi connectivity index (χ3n) is 3.81. The zero-order valence-corrected chi connectivity index (χ0v) is 12.7. The van der Waals surface area contributed by atoms with Crippen LogP contribution in [0.2, 0.25) is 0 Å². The first-order valence-electron chi connectivity index (χ1n) is 7.28. The summed E-state index contributed by atoms with van der Waals surface area (Å²) in [5.74, 6) is 0.754. The van der Waals surface area contributed by atoms with E-state index in [1.165, 1.54) is 5.56 Å². The van der Waals surface area contributed by atoms with Crippen molar-refractivity contribution in [3.63, 3.8) is 0 Å². The fourth-order valence-corrected chi connectivity index (χ4v) is 2.49. The van der Waals surface area contributed by atoms with E-state index >= 15 is 0 Å². The first kappa shape index (κ1) is 15.5. The van der Waals surface area contributed by atoms with Crippen molar-refractivity contribution in [3.05, 3.63) is 65.7 Å². The Morgan fingerprint density at radius 1 is 1.10 bits per heavy atom. The third kappa shape index (κ3) is 4.06. The molecule has 2 N–H and O–H groups in total. The number of rotatable bonds is 7. The number of methoxy groups -OCH3 is 1. The predicted molar refractivity (Wildman–Crippen MR) is 85.3 cm³/mol. The van der Waals surface area contributed by atoms with Crippen molar-refractivity contribution in [1.29, 1.82) is 0 Å². The van der Waals surface area contributed by atoms with E-state index < -0.39 is 5.72 Å². The van der Waals surface area contributed by atoms with Gasteiger partial charge in [-0.15, -0.1) is 0 Å². The quantitative estimate of drug-likeness (QED) is 0.768. The van der Waals surface area contributed by atoms with Gasteiger partial charge in [-0.2, -0.15) is 0 Å². The summed E-state index contributed by atoms with van der Waals surface area (Å²) >= 11 is 0. The van der Waals surface area contributed by atoms with Crippen molar-refractivity contribution in [2.45, 2.75) is 25.0 Å². The Balaban J connectivity index is 2.03. The van der Waals surface area contributed by atoms with Crippen LogP contribution in [0.25, 0.3) is 0 Å². The molecule has 3 nitrogen and oxygen atoms in total. The molecular weight excluding hydrogens is 262 g/mol. The molecule has 0 heterocycles. The van der Waals surface area contributed by atoms with Crippen molar-refractivity contribution in [3.8, 4) is 5.75 Å². The van der Waals surface area contributed by atoms with Gasteiger partial charge in [0.25, 0.3) is 0 Å². The summed E-state index contributed by atoms with van der Waals surface area (Å²) < 4.78 is 5.23. The minimum atomic E-state index is -1.02. The zero-order valence-electron chi connectivity index (χ0n) is 12.7. The number of hydrogen-bond donors (Lipinski definition) is 2. The molecule has 0 bridgehead atoms. The molecule has 0 spiro atoms. The lowest BCUT2D eigenvalue weighted by Crippen LogP contribution is -2.39. The third-order valence-corrected chi connectivity index (χ3v) is 3.81. The van der Waals surface area contributed by atoms with Crippen LogP contribution >= 0.6 is 0 Å². The van der Waals surface area contributed by atoms with Crippen molar-refractivity contribution >= 4 is 0 Å². The lowest BCUT2D eigenvalue weighted by Gasteiger charge is -2.28. The van der Waals surface area contributed by atoms with Gasteiger partial charge in [0.15, 0.2) is 0 Å². The zero-order chi connectivity index (χ0) is 15.1. The SMILES string of the molecule is CNC(O)(CCCc1ccccc1)c1cccc(OC)c1. The van der Waals surface area contributed by atoms with Crippen molar-refractivity contribution < 1.29 is 9.84 Å². The lowest BCUT2D eigenvalue weighted by molar-refractivity contribution is -0.00260. The van der Waals surface area contributed by atoms with Gasteiger partial charge in [-0.25, -0.2) is 0 Å². The van der Waals surface area contributed by atoms with Gasteiger partial charge in [0.1, 0.15) is 11.5 Å². The molecular formula is C18H23NO2. The summed E-state index contributed by atoms with van der Waals surface area (Å²) in [6.07, 6.45) is 2.50. The van der Waals surface area contributed by atoms with Crippen molar-refractivity contribution in [1.82, 2.24) is 5.32 Å². The molecule has 3 heteroatoms. The topological polar surface area (TPSA) is 41.5 Å². The normalized spacial score (nSPS) is 13.7. The molecule has 0 aliphatic heterocycles. The maximum atomic E-state index is 10.8. The van der Waals surface area contributed by atoms with E-state index in [-0.39, 0.29) is 0 Å². The molecule has 0 radical (unpaired) electrons. The molecule has 2 aromatic carbocycles. The molecule has 0 fully saturated rings. The Kier molecular flexibility index (Phi) is 5.37. The molecule has 2 rings (SSSR count). The van der Waals surface area contributed by atoms with E-state index in [0.29, 0.717) is 6.42 Å². The predicted octanol–water partition coefficient (Wildman–Crippen LogP) is 3.08. The van der Waals surface area contributed by atoms with Gasteiger partial charge < -0.3 is 9.84 Å². The van der Waals surface area contributed by atoms with Gasteiger partial charge in [-0.1, -0.05) is 42.5 Å². The Hall–Kier alpha value is -1.84.